The number of hydrogen-bond acceptors (Lipinski definition) is 6. The molecule has 6 nitrogen and oxygen atoms in total. The summed E-state index contributed by atoms with van der Waals surface area (Å²) in [5.41, 5.74) is 6.03. The molecule has 1 atom stereocenters. The molecule has 1 aliphatic heterocycles. The molecule has 1 aliphatic rings. The van der Waals surface area contributed by atoms with Crippen molar-refractivity contribution in [2.24, 2.45) is 5.92 Å². The number of aromatic nitrogens is 1. The number of methoxy groups -OCH3 is 1. The van der Waals surface area contributed by atoms with Crippen molar-refractivity contribution >= 4 is 22.4 Å². The van der Waals surface area contributed by atoms with Gasteiger partial charge >= 0.3 is 0 Å². The fraction of sp³-hybridized carbons (Fsp3) is 0.714. The maximum atomic E-state index is 12.3. The molecule has 0 saturated carbocycles. The Morgan fingerprint density at radius 3 is 3.14 bits per heavy atom. The minimum atomic E-state index is -0.0445. The van der Waals surface area contributed by atoms with Crippen LogP contribution in [0.15, 0.2) is 5.38 Å². The van der Waals surface area contributed by atoms with Crippen LogP contribution in [0.1, 0.15) is 23.3 Å². The van der Waals surface area contributed by atoms with Gasteiger partial charge in [-0.15, -0.1) is 11.3 Å². The summed E-state index contributed by atoms with van der Waals surface area (Å²) in [4.78, 5) is 20.5. The molecule has 118 valence electrons. The second kappa shape index (κ2) is 7.72. The molecule has 21 heavy (non-hydrogen) atoms. The lowest BCUT2D eigenvalue weighted by atomic mass is 9.97. The van der Waals surface area contributed by atoms with Gasteiger partial charge in [-0.1, -0.05) is 0 Å². The van der Waals surface area contributed by atoms with E-state index in [0.29, 0.717) is 16.7 Å². The molecule has 2 N–H and O–H groups in total. The standard InChI is InChI=1S/C14H24N4O2S/c1-17(13(19)12-10-21-14(15)16-12)8-11-4-3-5-18(9-11)6-7-20-2/h10-11H,3-9H2,1-2H3,(H2,15,16). The number of carbonyl (C=O) groups excluding carboxylic acids is 1. The van der Waals surface area contributed by atoms with Crippen LogP contribution < -0.4 is 5.73 Å². The van der Waals surface area contributed by atoms with E-state index in [9.17, 15) is 4.79 Å². The van der Waals surface area contributed by atoms with Gasteiger partial charge in [0.2, 0.25) is 0 Å². The fourth-order valence-corrected chi connectivity index (χ4v) is 3.31. The zero-order chi connectivity index (χ0) is 15.2. The molecule has 1 fully saturated rings. The van der Waals surface area contributed by atoms with Crippen LogP contribution in [0.2, 0.25) is 0 Å². The topological polar surface area (TPSA) is 71.7 Å². The van der Waals surface area contributed by atoms with Gasteiger partial charge in [0.05, 0.1) is 6.61 Å². The summed E-state index contributed by atoms with van der Waals surface area (Å²) in [5, 5.41) is 2.16. The third-order valence-corrected chi connectivity index (χ3v) is 4.51. The predicted molar refractivity (Wildman–Crippen MR) is 84.5 cm³/mol. The van der Waals surface area contributed by atoms with Gasteiger partial charge in [-0.25, -0.2) is 4.98 Å². The number of rotatable bonds is 6. The predicted octanol–water partition coefficient (Wildman–Crippen LogP) is 1.16. The van der Waals surface area contributed by atoms with Crippen molar-refractivity contribution in [3.63, 3.8) is 0 Å². The molecule has 1 unspecified atom stereocenters. The lowest BCUT2D eigenvalue weighted by Gasteiger charge is -2.34. The molecule has 1 aromatic heterocycles. The monoisotopic (exact) mass is 312 g/mol. The Kier molecular flexibility index (Phi) is 5.96. The number of hydrogen-bond donors (Lipinski definition) is 1. The maximum absolute atomic E-state index is 12.3. The molecule has 2 heterocycles. The van der Waals surface area contributed by atoms with Crippen molar-refractivity contribution in [1.82, 2.24) is 14.8 Å². The second-order valence-electron chi connectivity index (χ2n) is 5.56. The van der Waals surface area contributed by atoms with E-state index < -0.39 is 0 Å². The lowest BCUT2D eigenvalue weighted by molar-refractivity contribution is 0.0698. The smallest absolute Gasteiger partial charge is 0.273 e. The van der Waals surface area contributed by atoms with Gasteiger partial charge in [-0.3, -0.25) is 4.79 Å². The largest absolute Gasteiger partial charge is 0.383 e. The van der Waals surface area contributed by atoms with E-state index in [1.54, 1.807) is 17.4 Å². The molecular weight excluding hydrogens is 288 g/mol. The van der Waals surface area contributed by atoms with Gasteiger partial charge in [0.25, 0.3) is 5.91 Å². The number of anilines is 1. The quantitative estimate of drug-likeness (QED) is 0.853. The van der Waals surface area contributed by atoms with Gasteiger partial charge in [0, 0.05) is 39.2 Å². The molecule has 1 aromatic rings. The average Bonchev–Trinajstić information content (AvgIpc) is 2.91. The lowest BCUT2D eigenvalue weighted by Crippen LogP contribution is -2.42. The summed E-state index contributed by atoms with van der Waals surface area (Å²) < 4.78 is 5.13. The van der Waals surface area contributed by atoms with Crippen LogP contribution >= 0.6 is 11.3 Å². The molecule has 2 rings (SSSR count). The minimum absolute atomic E-state index is 0.0445. The zero-order valence-corrected chi connectivity index (χ0v) is 13.6. The van der Waals surface area contributed by atoms with E-state index in [0.717, 1.165) is 32.8 Å². The van der Waals surface area contributed by atoms with Crippen molar-refractivity contribution in [2.75, 3.05) is 52.7 Å². The maximum Gasteiger partial charge on any atom is 0.273 e. The van der Waals surface area contributed by atoms with Gasteiger partial charge in [-0.05, 0) is 25.3 Å². The highest BCUT2D eigenvalue weighted by Gasteiger charge is 2.23. The van der Waals surface area contributed by atoms with Crippen LogP contribution in [0.25, 0.3) is 0 Å². The number of ether oxygens (including phenoxy) is 1. The van der Waals surface area contributed by atoms with Crippen LogP contribution in [0.3, 0.4) is 0 Å². The third-order valence-electron chi connectivity index (χ3n) is 3.83. The first kappa shape index (κ1) is 16.2. The Morgan fingerprint density at radius 1 is 1.67 bits per heavy atom. The highest BCUT2D eigenvalue weighted by molar-refractivity contribution is 7.13. The Balaban J connectivity index is 1.84. The molecule has 0 bridgehead atoms. The first-order chi connectivity index (χ1) is 10.1. The Hall–Kier alpha value is -1.18. The van der Waals surface area contributed by atoms with Crippen LogP contribution in [0.4, 0.5) is 5.13 Å². The Morgan fingerprint density at radius 2 is 2.48 bits per heavy atom. The van der Waals surface area contributed by atoms with Gasteiger partial charge in [-0.2, -0.15) is 0 Å². The van der Waals surface area contributed by atoms with Crippen LogP contribution in [-0.4, -0.2) is 67.6 Å². The fourth-order valence-electron chi connectivity index (χ4n) is 2.78. The summed E-state index contributed by atoms with van der Waals surface area (Å²) in [6, 6.07) is 0. The number of thiazole rings is 1. The van der Waals surface area contributed by atoms with E-state index in [-0.39, 0.29) is 5.91 Å². The van der Waals surface area contributed by atoms with E-state index >= 15 is 0 Å². The molecule has 0 aromatic carbocycles. The second-order valence-corrected chi connectivity index (χ2v) is 6.45. The Bertz CT molecular complexity index is 466. The third kappa shape index (κ3) is 4.66. The summed E-state index contributed by atoms with van der Waals surface area (Å²) >= 11 is 1.30. The number of likely N-dealkylation sites (tertiary alicyclic amines) is 1. The number of nitrogen functional groups attached to an aromatic ring is 1. The number of nitrogens with two attached hydrogens (primary N) is 1. The van der Waals surface area contributed by atoms with Crippen LogP contribution in [0.5, 0.6) is 0 Å². The van der Waals surface area contributed by atoms with Crippen LogP contribution in [-0.2, 0) is 4.74 Å². The first-order valence-corrected chi connectivity index (χ1v) is 8.16. The average molecular weight is 312 g/mol. The van der Waals surface area contributed by atoms with E-state index in [1.165, 1.54) is 24.2 Å². The summed E-state index contributed by atoms with van der Waals surface area (Å²) in [6.45, 7) is 4.65. The SMILES string of the molecule is COCCN1CCCC(CN(C)C(=O)c2csc(N)n2)C1. The molecule has 1 amide bonds. The molecule has 1 saturated heterocycles. The summed E-state index contributed by atoms with van der Waals surface area (Å²) in [6.07, 6.45) is 2.35. The van der Waals surface area contributed by atoms with Crippen molar-refractivity contribution in [1.29, 1.82) is 0 Å². The van der Waals surface area contributed by atoms with E-state index in [1.807, 2.05) is 7.05 Å². The van der Waals surface area contributed by atoms with Crippen molar-refractivity contribution in [3.8, 4) is 0 Å². The minimum Gasteiger partial charge on any atom is -0.383 e. The van der Waals surface area contributed by atoms with Gasteiger partial charge in [0.1, 0.15) is 5.69 Å². The number of carbonyl (C=O) groups is 1. The molecular formula is C14H24N4O2S. The van der Waals surface area contributed by atoms with E-state index in [2.05, 4.69) is 9.88 Å². The highest BCUT2D eigenvalue weighted by Crippen LogP contribution is 2.19. The van der Waals surface area contributed by atoms with Gasteiger partial charge in [0.15, 0.2) is 5.13 Å². The van der Waals surface area contributed by atoms with Crippen molar-refractivity contribution in [3.05, 3.63) is 11.1 Å². The molecule has 0 radical (unpaired) electrons. The number of nitrogens with zero attached hydrogens (tertiary/aromatic N) is 3. The van der Waals surface area contributed by atoms with Crippen molar-refractivity contribution in [2.45, 2.75) is 12.8 Å². The molecule has 7 heteroatoms. The highest BCUT2D eigenvalue weighted by atomic mass is 32.1. The molecule has 0 spiro atoms. The first-order valence-electron chi connectivity index (χ1n) is 7.28. The normalized spacial score (nSPS) is 19.6. The zero-order valence-electron chi connectivity index (χ0n) is 12.7. The van der Waals surface area contributed by atoms with Crippen LogP contribution in [0, 0.1) is 5.92 Å². The van der Waals surface area contributed by atoms with Crippen molar-refractivity contribution < 1.29 is 9.53 Å². The molecule has 0 aliphatic carbocycles. The number of amides is 1. The summed E-state index contributed by atoms with van der Waals surface area (Å²) in [5.74, 6) is 0.470. The van der Waals surface area contributed by atoms with Gasteiger partial charge < -0.3 is 20.3 Å². The Labute approximate surface area is 129 Å². The summed E-state index contributed by atoms with van der Waals surface area (Å²) in [7, 11) is 3.57. The number of piperidine rings is 1. The van der Waals surface area contributed by atoms with E-state index in [4.69, 9.17) is 10.5 Å².